The van der Waals surface area contributed by atoms with E-state index in [0.29, 0.717) is 6.42 Å². The Morgan fingerprint density at radius 1 is 1.44 bits per heavy atom. The van der Waals surface area contributed by atoms with Crippen molar-refractivity contribution in [2.45, 2.75) is 44.7 Å². The number of amides is 1. The van der Waals surface area contributed by atoms with E-state index in [1.54, 1.807) is 0 Å². The van der Waals surface area contributed by atoms with Gasteiger partial charge in [-0.3, -0.25) is 19.1 Å². The number of pyridine rings is 1. The number of nitriles is 1. The summed E-state index contributed by atoms with van der Waals surface area (Å²) < 4.78 is 1.47. The molecule has 1 amide bonds. The molecule has 2 N–H and O–H groups in total. The molecule has 2 aromatic heterocycles. The van der Waals surface area contributed by atoms with Gasteiger partial charge in [-0.2, -0.15) is 5.26 Å². The van der Waals surface area contributed by atoms with Crippen LogP contribution in [0.2, 0.25) is 0 Å². The van der Waals surface area contributed by atoms with E-state index in [1.807, 2.05) is 13.8 Å². The van der Waals surface area contributed by atoms with Gasteiger partial charge in [0.05, 0.1) is 17.0 Å². The summed E-state index contributed by atoms with van der Waals surface area (Å²) in [6.45, 7) is 3.82. The standard InChI is InChI=1S/C17H17N5O3/c1-16(2)7-17(16,8-18)21-13(23)9-5-11-12(19-6-9)22(10-3-4-10)15(25)20-14(11)24/h5-6,10H,3-4,7H2,1-2H3,(H,21,23)(H,20,24,25). The molecule has 128 valence electrons. The van der Waals surface area contributed by atoms with Crippen molar-refractivity contribution < 1.29 is 4.79 Å². The molecule has 0 saturated heterocycles. The van der Waals surface area contributed by atoms with Crippen molar-refractivity contribution in [3.63, 3.8) is 0 Å². The Morgan fingerprint density at radius 2 is 2.12 bits per heavy atom. The highest BCUT2D eigenvalue weighted by molar-refractivity contribution is 5.97. The fourth-order valence-corrected chi connectivity index (χ4v) is 3.25. The number of nitrogens with zero attached hydrogens (tertiary/aromatic N) is 3. The predicted molar refractivity (Wildman–Crippen MR) is 89.1 cm³/mol. The van der Waals surface area contributed by atoms with Crippen molar-refractivity contribution in [2.24, 2.45) is 5.41 Å². The summed E-state index contributed by atoms with van der Waals surface area (Å²) in [5, 5.41) is 12.3. The molecule has 0 aromatic carbocycles. The molecular weight excluding hydrogens is 322 g/mol. The maximum absolute atomic E-state index is 12.5. The lowest BCUT2D eigenvalue weighted by molar-refractivity contribution is 0.0934. The minimum absolute atomic E-state index is 0.0492. The first-order valence-electron chi connectivity index (χ1n) is 8.16. The number of aromatic nitrogens is 3. The van der Waals surface area contributed by atoms with Crippen LogP contribution in [0.5, 0.6) is 0 Å². The number of rotatable bonds is 3. The summed E-state index contributed by atoms with van der Waals surface area (Å²) >= 11 is 0. The largest absolute Gasteiger partial charge is 0.333 e. The second-order valence-corrected chi connectivity index (χ2v) is 7.49. The fraction of sp³-hybridized carbons (Fsp3) is 0.471. The number of carbonyl (C=O) groups excluding carboxylic acids is 1. The average molecular weight is 339 g/mol. The van der Waals surface area contributed by atoms with Crippen LogP contribution in [0.15, 0.2) is 21.9 Å². The van der Waals surface area contributed by atoms with Gasteiger partial charge in [0.1, 0.15) is 11.2 Å². The molecule has 2 aromatic rings. The Morgan fingerprint density at radius 3 is 2.68 bits per heavy atom. The minimum atomic E-state index is -0.891. The molecule has 8 heteroatoms. The minimum Gasteiger partial charge on any atom is -0.333 e. The molecule has 25 heavy (non-hydrogen) atoms. The molecule has 4 rings (SSSR count). The smallest absolute Gasteiger partial charge is 0.330 e. The highest BCUT2D eigenvalue weighted by atomic mass is 16.2. The van der Waals surface area contributed by atoms with Crippen LogP contribution in [0.3, 0.4) is 0 Å². The van der Waals surface area contributed by atoms with Crippen molar-refractivity contribution >= 4 is 16.9 Å². The summed E-state index contributed by atoms with van der Waals surface area (Å²) in [4.78, 5) is 43.1. The number of hydrogen-bond donors (Lipinski definition) is 2. The van der Waals surface area contributed by atoms with Gasteiger partial charge in [-0.05, 0) is 25.3 Å². The molecule has 0 bridgehead atoms. The maximum atomic E-state index is 12.5. The maximum Gasteiger partial charge on any atom is 0.330 e. The summed E-state index contributed by atoms with van der Waals surface area (Å²) in [6.07, 6.45) is 3.65. The van der Waals surface area contributed by atoms with Crippen molar-refractivity contribution in [3.8, 4) is 6.07 Å². The second kappa shape index (κ2) is 4.79. The Labute approximate surface area is 142 Å². The molecule has 0 spiro atoms. The van der Waals surface area contributed by atoms with Crippen LogP contribution in [-0.2, 0) is 0 Å². The highest BCUT2D eigenvalue weighted by Crippen LogP contribution is 2.55. The van der Waals surface area contributed by atoms with E-state index in [4.69, 9.17) is 0 Å². The number of hydrogen-bond acceptors (Lipinski definition) is 5. The third-order valence-electron chi connectivity index (χ3n) is 5.21. The van der Waals surface area contributed by atoms with Crippen LogP contribution in [0.25, 0.3) is 11.0 Å². The van der Waals surface area contributed by atoms with Gasteiger partial charge >= 0.3 is 5.69 Å². The predicted octanol–water partition coefficient (Wildman–Crippen LogP) is 0.842. The van der Waals surface area contributed by atoms with E-state index >= 15 is 0 Å². The Hall–Kier alpha value is -2.95. The summed E-state index contributed by atoms with van der Waals surface area (Å²) in [5.74, 6) is -0.454. The van der Waals surface area contributed by atoms with Gasteiger partial charge in [0.25, 0.3) is 11.5 Å². The molecular formula is C17H17N5O3. The first kappa shape index (κ1) is 15.6. The van der Waals surface area contributed by atoms with Crippen molar-refractivity contribution in [3.05, 3.63) is 38.7 Å². The summed E-state index contributed by atoms with van der Waals surface area (Å²) in [6, 6.07) is 3.64. The van der Waals surface area contributed by atoms with E-state index in [0.717, 1.165) is 12.8 Å². The van der Waals surface area contributed by atoms with Gasteiger partial charge in [-0.25, -0.2) is 9.78 Å². The Balaban J connectivity index is 1.75. The lowest BCUT2D eigenvalue weighted by Crippen LogP contribution is -2.39. The first-order chi connectivity index (χ1) is 11.8. The molecule has 2 aliphatic rings. The Kier molecular flexibility index (Phi) is 2.98. The molecule has 0 radical (unpaired) electrons. The van der Waals surface area contributed by atoms with E-state index < -0.39 is 22.7 Å². The van der Waals surface area contributed by atoms with Gasteiger partial charge < -0.3 is 5.32 Å². The van der Waals surface area contributed by atoms with Crippen molar-refractivity contribution in [1.29, 1.82) is 5.26 Å². The normalized spacial score (nSPS) is 23.9. The molecule has 0 aliphatic heterocycles. The van der Waals surface area contributed by atoms with Crippen molar-refractivity contribution in [2.75, 3.05) is 0 Å². The molecule has 8 nitrogen and oxygen atoms in total. The molecule has 2 heterocycles. The van der Waals surface area contributed by atoms with E-state index in [2.05, 4.69) is 21.4 Å². The van der Waals surface area contributed by atoms with E-state index in [1.165, 1.54) is 16.8 Å². The van der Waals surface area contributed by atoms with Crippen LogP contribution >= 0.6 is 0 Å². The van der Waals surface area contributed by atoms with Crippen LogP contribution < -0.4 is 16.6 Å². The zero-order chi connectivity index (χ0) is 18.0. The Bertz CT molecular complexity index is 1070. The highest BCUT2D eigenvalue weighted by Gasteiger charge is 2.63. The topological polar surface area (TPSA) is 121 Å². The summed E-state index contributed by atoms with van der Waals surface area (Å²) in [7, 11) is 0. The van der Waals surface area contributed by atoms with Gasteiger partial charge in [0, 0.05) is 17.7 Å². The lowest BCUT2D eigenvalue weighted by atomic mass is 10.1. The van der Waals surface area contributed by atoms with Gasteiger partial charge in [0.15, 0.2) is 0 Å². The first-order valence-corrected chi connectivity index (χ1v) is 8.16. The number of aromatic amines is 1. The van der Waals surface area contributed by atoms with Crippen LogP contribution in [-0.4, -0.2) is 26.0 Å². The fourth-order valence-electron chi connectivity index (χ4n) is 3.25. The van der Waals surface area contributed by atoms with E-state index in [-0.39, 0.29) is 28.1 Å². The third-order valence-corrected chi connectivity index (χ3v) is 5.21. The SMILES string of the molecule is CC1(C)CC1(C#N)NC(=O)c1cnc2c(c1)c(=O)[nH]c(=O)n2C1CC1. The molecule has 2 saturated carbocycles. The third kappa shape index (κ3) is 2.27. The molecule has 1 atom stereocenters. The number of fused-ring (bicyclic) bond motifs is 1. The molecule has 2 fully saturated rings. The number of H-pyrrole nitrogens is 1. The second-order valence-electron chi connectivity index (χ2n) is 7.49. The number of nitrogens with one attached hydrogen (secondary N) is 2. The van der Waals surface area contributed by atoms with Crippen LogP contribution in [0.4, 0.5) is 0 Å². The average Bonchev–Trinajstić information content (AvgIpc) is 3.45. The van der Waals surface area contributed by atoms with Crippen molar-refractivity contribution in [1.82, 2.24) is 19.9 Å². The van der Waals surface area contributed by atoms with Gasteiger partial charge in [0.2, 0.25) is 0 Å². The quantitative estimate of drug-likeness (QED) is 0.858. The molecule has 2 aliphatic carbocycles. The zero-order valence-electron chi connectivity index (χ0n) is 13.9. The summed E-state index contributed by atoms with van der Waals surface area (Å²) in [5.41, 5.74) is -1.75. The van der Waals surface area contributed by atoms with Gasteiger partial charge in [-0.1, -0.05) is 13.8 Å². The monoisotopic (exact) mass is 339 g/mol. The number of carbonyl (C=O) groups is 1. The van der Waals surface area contributed by atoms with Gasteiger partial charge in [-0.15, -0.1) is 0 Å². The van der Waals surface area contributed by atoms with E-state index in [9.17, 15) is 19.6 Å². The molecule has 1 unspecified atom stereocenters. The van der Waals surface area contributed by atoms with Crippen LogP contribution in [0, 0.1) is 16.7 Å². The lowest BCUT2D eigenvalue weighted by Gasteiger charge is -2.14. The van der Waals surface area contributed by atoms with Crippen LogP contribution in [0.1, 0.15) is 49.5 Å². The zero-order valence-corrected chi connectivity index (χ0v) is 13.9.